The number of benzene rings is 2. The van der Waals surface area contributed by atoms with E-state index in [9.17, 15) is 5.11 Å². The lowest BCUT2D eigenvalue weighted by atomic mass is 10.0. The molecule has 0 aliphatic heterocycles. The largest absolute Gasteiger partial charge is 0.508 e. The fraction of sp³-hybridized carbons (Fsp3) is 0.333. The summed E-state index contributed by atoms with van der Waals surface area (Å²) in [5.41, 5.74) is 2.14. The zero-order valence-corrected chi connectivity index (χ0v) is 14.6. The van der Waals surface area contributed by atoms with Gasteiger partial charge in [-0.1, -0.05) is 24.3 Å². The molecule has 1 atom stereocenters. The van der Waals surface area contributed by atoms with Crippen LogP contribution >= 0.6 is 8.38 Å². The molecule has 0 amide bonds. The Hall–Kier alpha value is -1.61. The molecule has 0 saturated heterocycles. The molecule has 0 bridgehead atoms. The van der Waals surface area contributed by atoms with Gasteiger partial charge in [-0.05, 0) is 49.2 Å². The van der Waals surface area contributed by atoms with Crippen LogP contribution in [0.1, 0.15) is 30.6 Å². The van der Waals surface area contributed by atoms with Crippen LogP contribution in [-0.4, -0.2) is 25.4 Å². The Morgan fingerprint density at radius 2 is 1.35 bits per heavy atom. The van der Waals surface area contributed by atoms with Crippen molar-refractivity contribution in [3.8, 4) is 11.5 Å². The number of hydrogen-bond acceptors (Lipinski definition) is 4. The van der Waals surface area contributed by atoms with Crippen molar-refractivity contribution in [2.24, 2.45) is 0 Å². The number of aromatic hydroxyl groups is 1. The first-order chi connectivity index (χ1) is 11.2. The van der Waals surface area contributed by atoms with Crippen LogP contribution in [0.3, 0.4) is 0 Å². The van der Waals surface area contributed by atoms with E-state index in [-0.39, 0.29) is 11.4 Å². The zero-order valence-electron chi connectivity index (χ0n) is 13.7. The molecule has 0 aliphatic carbocycles. The van der Waals surface area contributed by atoms with Crippen LogP contribution in [0.2, 0.25) is 0 Å². The van der Waals surface area contributed by atoms with Gasteiger partial charge in [0, 0.05) is 0 Å². The number of phenolic OH excluding ortho intramolecular Hbond substituents is 1. The normalized spacial score (nSPS) is 12.3. The molecular weight excluding hydrogens is 311 g/mol. The molecule has 2 aromatic rings. The molecule has 0 spiro atoms. The highest BCUT2D eigenvalue weighted by atomic mass is 31.2. The van der Waals surface area contributed by atoms with Gasteiger partial charge in [-0.3, -0.25) is 0 Å². The number of ether oxygens (including phenoxy) is 1. The van der Waals surface area contributed by atoms with E-state index in [0.717, 1.165) is 16.9 Å². The molecule has 5 heteroatoms. The molecule has 0 heterocycles. The summed E-state index contributed by atoms with van der Waals surface area (Å²) >= 11 is 0. The molecule has 0 saturated carbocycles. The van der Waals surface area contributed by atoms with E-state index in [1.165, 1.54) is 0 Å². The summed E-state index contributed by atoms with van der Waals surface area (Å²) in [6.07, 6.45) is 0. The van der Waals surface area contributed by atoms with Crippen LogP contribution < -0.4 is 4.74 Å². The summed E-state index contributed by atoms with van der Waals surface area (Å²) in [6.45, 7) is 5.12. The minimum Gasteiger partial charge on any atom is -0.508 e. The lowest BCUT2D eigenvalue weighted by Gasteiger charge is -2.26. The van der Waals surface area contributed by atoms with Crippen LogP contribution in [0, 0.1) is 0 Å². The fourth-order valence-corrected chi connectivity index (χ4v) is 4.03. The topological polar surface area (TPSA) is 47.9 Å². The van der Waals surface area contributed by atoms with Gasteiger partial charge in [0.1, 0.15) is 11.5 Å². The van der Waals surface area contributed by atoms with Gasteiger partial charge in [0.15, 0.2) is 8.38 Å². The molecule has 0 aliphatic rings. The molecular formula is C18H23O4P. The van der Waals surface area contributed by atoms with Gasteiger partial charge < -0.3 is 18.9 Å². The second-order valence-electron chi connectivity index (χ2n) is 4.89. The Labute approximate surface area is 138 Å². The van der Waals surface area contributed by atoms with Crippen molar-refractivity contribution >= 4 is 8.38 Å². The molecule has 0 fully saturated rings. The number of methoxy groups -OCH3 is 1. The van der Waals surface area contributed by atoms with Gasteiger partial charge in [0.05, 0.1) is 26.0 Å². The summed E-state index contributed by atoms with van der Waals surface area (Å²) in [5.74, 6) is 1.06. The summed E-state index contributed by atoms with van der Waals surface area (Å²) in [5, 5.41) is 9.55. The summed E-state index contributed by atoms with van der Waals surface area (Å²) in [7, 11) is 0.530. The third-order valence-corrected chi connectivity index (χ3v) is 5.41. The van der Waals surface area contributed by atoms with Crippen LogP contribution in [-0.2, 0) is 9.05 Å². The van der Waals surface area contributed by atoms with E-state index < -0.39 is 8.38 Å². The van der Waals surface area contributed by atoms with Crippen molar-refractivity contribution in [3.05, 3.63) is 59.7 Å². The zero-order chi connectivity index (χ0) is 16.7. The van der Waals surface area contributed by atoms with E-state index in [1.807, 2.05) is 50.2 Å². The highest BCUT2D eigenvalue weighted by molar-refractivity contribution is 7.48. The van der Waals surface area contributed by atoms with Crippen molar-refractivity contribution < 1.29 is 18.9 Å². The quantitative estimate of drug-likeness (QED) is 0.699. The lowest BCUT2D eigenvalue weighted by Crippen LogP contribution is -2.05. The van der Waals surface area contributed by atoms with E-state index in [4.69, 9.17) is 13.8 Å². The number of hydrogen-bond donors (Lipinski definition) is 1. The Balaban J connectivity index is 2.41. The minimum absolute atomic E-state index is 0.0172. The first-order valence-electron chi connectivity index (χ1n) is 7.67. The van der Waals surface area contributed by atoms with E-state index >= 15 is 0 Å². The minimum atomic E-state index is -1.12. The molecule has 23 heavy (non-hydrogen) atoms. The average Bonchev–Trinajstić information content (AvgIpc) is 2.58. The van der Waals surface area contributed by atoms with Crippen molar-refractivity contribution in [2.45, 2.75) is 19.5 Å². The predicted octanol–water partition coefficient (Wildman–Crippen LogP) is 4.88. The Bertz CT molecular complexity index is 577. The van der Waals surface area contributed by atoms with Crippen LogP contribution in [0.5, 0.6) is 11.5 Å². The van der Waals surface area contributed by atoms with Gasteiger partial charge in [-0.25, -0.2) is 0 Å². The van der Waals surface area contributed by atoms with Gasteiger partial charge in [0.25, 0.3) is 0 Å². The monoisotopic (exact) mass is 334 g/mol. The number of rotatable bonds is 8. The summed E-state index contributed by atoms with van der Waals surface area (Å²) in [4.78, 5) is 0. The first-order valence-corrected chi connectivity index (χ1v) is 8.92. The van der Waals surface area contributed by atoms with E-state index in [0.29, 0.717) is 13.2 Å². The second kappa shape index (κ2) is 8.88. The van der Waals surface area contributed by atoms with Gasteiger partial charge >= 0.3 is 0 Å². The average molecular weight is 334 g/mol. The third kappa shape index (κ3) is 4.68. The molecule has 124 valence electrons. The molecule has 2 rings (SSSR count). The summed E-state index contributed by atoms with van der Waals surface area (Å²) < 4.78 is 17.0. The highest BCUT2D eigenvalue weighted by Gasteiger charge is 2.27. The van der Waals surface area contributed by atoms with Crippen molar-refractivity contribution in [1.82, 2.24) is 0 Å². The van der Waals surface area contributed by atoms with Gasteiger partial charge in [0.2, 0.25) is 0 Å². The van der Waals surface area contributed by atoms with Crippen LogP contribution in [0.25, 0.3) is 0 Å². The lowest BCUT2D eigenvalue weighted by molar-refractivity contribution is 0.265. The number of phenols is 1. The van der Waals surface area contributed by atoms with Crippen LogP contribution in [0.15, 0.2) is 48.5 Å². The Morgan fingerprint density at radius 3 is 1.78 bits per heavy atom. The molecule has 1 N–H and O–H groups in total. The molecule has 0 radical (unpaired) electrons. The van der Waals surface area contributed by atoms with Crippen molar-refractivity contribution in [1.29, 1.82) is 0 Å². The second-order valence-corrected chi connectivity index (χ2v) is 6.49. The Kier molecular flexibility index (Phi) is 6.85. The maximum Gasteiger partial charge on any atom is 0.183 e. The first kappa shape index (κ1) is 17.7. The molecule has 0 aromatic heterocycles. The van der Waals surface area contributed by atoms with Gasteiger partial charge in [-0.2, -0.15) is 0 Å². The van der Waals surface area contributed by atoms with Crippen molar-refractivity contribution in [3.63, 3.8) is 0 Å². The predicted molar refractivity (Wildman–Crippen MR) is 93.1 cm³/mol. The third-order valence-electron chi connectivity index (χ3n) is 3.36. The van der Waals surface area contributed by atoms with Crippen molar-refractivity contribution in [2.75, 3.05) is 20.3 Å². The van der Waals surface area contributed by atoms with Crippen LogP contribution in [0.4, 0.5) is 0 Å². The van der Waals surface area contributed by atoms with Gasteiger partial charge in [-0.15, -0.1) is 0 Å². The Morgan fingerprint density at radius 1 is 0.870 bits per heavy atom. The molecule has 2 aromatic carbocycles. The highest BCUT2D eigenvalue weighted by Crippen LogP contribution is 2.56. The maximum atomic E-state index is 9.55. The smallest absolute Gasteiger partial charge is 0.183 e. The SMILES string of the molecule is CCOP(OCC)C(c1ccc(O)cc1)c1ccc(OC)cc1. The maximum absolute atomic E-state index is 9.55. The molecule has 1 unspecified atom stereocenters. The molecule has 4 nitrogen and oxygen atoms in total. The summed E-state index contributed by atoms with van der Waals surface area (Å²) in [6, 6.07) is 15.2. The van der Waals surface area contributed by atoms with E-state index in [2.05, 4.69) is 0 Å². The standard InChI is InChI=1S/C18H23O4P/c1-4-21-23(22-5-2)18(14-6-10-16(19)11-7-14)15-8-12-17(20-3)13-9-15/h6-13,18-19H,4-5H2,1-3H3. The van der Waals surface area contributed by atoms with E-state index in [1.54, 1.807) is 19.2 Å². The fourth-order valence-electron chi connectivity index (χ4n) is 2.32.